The van der Waals surface area contributed by atoms with Gasteiger partial charge in [0.2, 0.25) is 0 Å². The molecule has 0 spiro atoms. The van der Waals surface area contributed by atoms with Crippen LogP contribution in [-0.2, 0) is 21.8 Å². The van der Waals surface area contributed by atoms with Gasteiger partial charge in [0, 0.05) is 26.3 Å². The summed E-state index contributed by atoms with van der Waals surface area (Å²) in [6, 6.07) is 0. The van der Waals surface area contributed by atoms with Crippen molar-refractivity contribution in [3.63, 3.8) is 0 Å². The number of nitrogens with zero attached hydrogens (tertiary/aromatic N) is 3. The van der Waals surface area contributed by atoms with Crippen molar-refractivity contribution in [1.82, 2.24) is 19.2 Å². The molecule has 1 aliphatic carbocycles. The van der Waals surface area contributed by atoms with Crippen molar-refractivity contribution in [1.29, 1.82) is 0 Å². The van der Waals surface area contributed by atoms with Crippen molar-refractivity contribution in [2.75, 3.05) is 13.1 Å². The molecule has 26 heavy (non-hydrogen) atoms. The highest BCUT2D eigenvalue weighted by molar-refractivity contribution is 7.89. The Balaban J connectivity index is 1.82. The zero-order valence-electron chi connectivity index (χ0n) is 15.9. The van der Waals surface area contributed by atoms with Crippen LogP contribution in [0.5, 0.6) is 0 Å². The predicted molar refractivity (Wildman–Crippen MR) is 96.0 cm³/mol. The standard InChI is InChI=1S/C17H28N4O4S/c1-16(2,3)25-15(22)19-17-8-6-5-7-13(17)9-21(11-17)26(23,24)14-10-20(4)12-18-14/h10,12-13H,5-9,11H2,1-4H3,(H,19,22)/t13-,17+/m1/s1. The van der Waals surface area contributed by atoms with E-state index in [1.165, 1.54) is 16.8 Å². The maximum Gasteiger partial charge on any atom is 0.408 e. The predicted octanol–water partition coefficient (Wildman–Crippen LogP) is 1.88. The molecule has 0 aromatic carbocycles. The number of hydrogen-bond acceptors (Lipinski definition) is 5. The lowest BCUT2D eigenvalue weighted by atomic mass is 9.75. The SMILES string of the molecule is Cn1cnc(S(=O)(=O)N2C[C@H]3CCCC[C@]3(NC(=O)OC(C)(C)C)C2)c1. The maximum atomic E-state index is 13.0. The van der Waals surface area contributed by atoms with Crippen LogP contribution >= 0.6 is 0 Å². The summed E-state index contributed by atoms with van der Waals surface area (Å²) in [6.45, 7) is 6.10. The molecular formula is C17H28N4O4S. The first-order valence-corrected chi connectivity index (χ1v) is 10.5. The van der Waals surface area contributed by atoms with Crippen LogP contribution < -0.4 is 5.32 Å². The summed E-state index contributed by atoms with van der Waals surface area (Å²) in [5, 5.41) is 3.06. The van der Waals surface area contributed by atoms with E-state index in [-0.39, 0.29) is 17.5 Å². The van der Waals surface area contributed by atoms with E-state index in [0.717, 1.165) is 25.7 Å². The third kappa shape index (κ3) is 3.73. The highest BCUT2D eigenvalue weighted by atomic mass is 32.2. The molecule has 1 aromatic heterocycles. The molecule has 2 aliphatic rings. The van der Waals surface area contributed by atoms with Gasteiger partial charge in [0.25, 0.3) is 10.0 Å². The molecule has 1 N–H and O–H groups in total. The van der Waals surface area contributed by atoms with Gasteiger partial charge < -0.3 is 14.6 Å². The third-order valence-corrected chi connectivity index (χ3v) is 6.82. The second-order valence-corrected chi connectivity index (χ2v) is 10.3. The van der Waals surface area contributed by atoms with E-state index in [2.05, 4.69) is 10.3 Å². The van der Waals surface area contributed by atoms with Gasteiger partial charge >= 0.3 is 6.09 Å². The molecule has 1 saturated carbocycles. The van der Waals surface area contributed by atoms with Crippen molar-refractivity contribution in [2.24, 2.45) is 13.0 Å². The fraction of sp³-hybridized carbons (Fsp3) is 0.765. The molecule has 3 rings (SSSR count). The smallest absolute Gasteiger partial charge is 0.408 e. The number of alkyl carbamates (subject to hydrolysis) is 1. The number of imidazole rings is 1. The Bertz CT molecular complexity index is 783. The van der Waals surface area contributed by atoms with Crippen molar-refractivity contribution < 1.29 is 17.9 Å². The van der Waals surface area contributed by atoms with Crippen molar-refractivity contribution in [3.05, 3.63) is 12.5 Å². The van der Waals surface area contributed by atoms with Crippen LogP contribution in [0.3, 0.4) is 0 Å². The molecule has 9 heteroatoms. The Morgan fingerprint density at radius 1 is 1.38 bits per heavy atom. The second-order valence-electron chi connectivity index (χ2n) is 8.40. The Hall–Kier alpha value is -1.61. The lowest BCUT2D eigenvalue weighted by Crippen LogP contribution is -2.56. The first kappa shape index (κ1) is 19.2. The minimum Gasteiger partial charge on any atom is -0.444 e. The summed E-state index contributed by atoms with van der Waals surface area (Å²) in [5.74, 6) is 0.0854. The second kappa shape index (κ2) is 6.53. The van der Waals surface area contributed by atoms with Gasteiger partial charge in [-0.25, -0.2) is 18.2 Å². The van der Waals surface area contributed by atoms with Gasteiger partial charge in [-0.1, -0.05) is 12.8 Å². The number of amides is 1. The maximum absolute atomic E-state index is 13.0. The van der Waals surface area contributed by atoms with E-state index in [4.69, 9.17) is 4.74 Å². The molecule has 2 heterocycles. The highest BCUT2D eigenvalue weighted by Gasteiger charge is 2.52. The van der Waals surface area contributed by atoms with Crippen LogP contribution in [-0.4, -0.2) is 52.6 Å². The summed E-state index contributed by atoms with van der Waals surface area (Å²) in [4.78, 5) is 16.4. The summed E-state index contributed by atoms with van der Waals surface area (Å²) in [6.07, 6.45) is 6.15. The average Bonchev–Trinajstić information content (AvgIpc) is 3.09. The number of hydrogen-bond donors (Lipinski definition) is 1. The molecule has 1 amide bonds. The molecule has 2 atom stereocenters. The van der Waals surface area contributed by atoms with Crippen LogP contribution in [0.15, 0.2) is 17.6 Å². The largest absolute Gasteiger partial charge is 0.444 e. The fourth-order valence-corrected chi connectivity index (χ4v) is 5.48. The van der Waals surface area contributed by atoms with Gasteiger partial charge in [0.1, 0.15) is 5.60 Å². The molecule has 0 unspecified atom stereocenters. The number of fused-ring (bicyclic) bond motifs is 1. The fourth-order valence-electron chi connectivity index (χ4n) is 3.96. The Labute approximate surface area is 155 Å². The van der Waals surface area contributed by atoms with Gasteiger partial charge in [0.15, 0.2) is 5.03 Å². The lowest BCUT2D eigenvalue weighted by Gasteiger charge is -2.39. The van der Waals surface area contributed by atoms with Crippen LogP contribution in [0.1, 0.15) is 46.5 Å². The summed E-state index contributed by atoms with van der Waals surface area (Å²) in [7, 11) is -1.94. The summed E-state index contributed by atoms with van der Waals surface area (Å²) >= 11 is 0. The third-order valence-electron chi connectivity index (χ3n) is 5.12. The number of carbonyl (C=O) groups is 1. The average molecular weight is 385 g/mol. The topological polar surface area (TPSA) is 93.5 Å². The zero-order chi connectivity index (χ0) is 19.2. The molecular weight excluding hydrogens is 356 g/mol. The number of aryl methyl sites for hydroxylation is 1. The lowest BCUT2D eigenvalue weighted by molar-refractivity contribution is 0.0402. The Morgan fingerprint density at radius 3 is 2.73 bits per heavy atom. The molecule has 1 aromatic rings. The van der Waals surface area contributed by atoms with Gasteiger partial charge in [-0.3, -0.25) is 0 Å². The summed E-state index contributed by atoms with van der Waals surface area (Å²) < 4.78 is 34.4. The first-order chi connectivity index (χ1) is 12.0. The van der Waals surface area contributed by atoms with Crippen LogP contribution in [0, 0.1) is 5.92 Å². The molecule has 0 bridgehead atoms. The van der Waals surface area contributed by atoms with Gasteiger partial charge in [-0.05, 0) is 39.5 Å². The van der Waals surface area contributed by atoms with Gasteiger partial charge in [-0.15, -0.1) is 0 Å². The van der Waals surface area contributed by atoms with E-state index in [1.54, 1.807) is 11.6 Å². The Kier molecular flexibility index (Phi) is 4.81. The molecule has 146 valence electrons. The minimum atomic E-state index is -3.68. The Morgan fingerprint density at radius 2 is 2.12 bits per heavy atom. The zero-order valence-corrected chi connectivity index (χ0v) is 16.7. The van der Waals surface area contributed by atoms with E-state index in [0.29, 0.717) is 6.54 Å². The number of rotatable bonds is 3. The number of ether oxygens (including phenoxy) is 1. The van der Waals surface area contributed by atoms with Crippen molar-refractivity contribution in [2.45, 2.75) is 62.6 Å². The van der Waals surface area contributed by atoms with Gasteiger partial charge in [-0.2, -0.15) is 4.31 Å². The van der Waals surface area contributed by atoms with Crippen molar-refractivity contribution >= 4 is 16.1 Å². The molecule has 1 aliphatic heterocycles. The van der Waals surface area contributed by atoms with E-state index < -0.39 is 27.3 Å². The molecule has 8 nitrogen and oxygen atoms in total. The van der Waals surface area contributed by atoms with Crippen LogP contribution in [0.25, 0.3) is 0 Å². The number of aromatic nitrogens is 2. The number of nitrogens with one attached hydrogen (secondary N) is 1. The highest BCUT2D eigenvalue weighted by Crippen LogP contribution is 2.41. The van der Waals surface area contributed by atoms with E-state index in [1.807, 2.05) is 20.8 Å². The monoisotopic (exact) mass is 384 g/mol. The molecule has 0 radical (unpaired) electrons. The quantitative estimate of drug-likeness (QED) is 0.859. The summed E-state index contributed by atoms with van der Waals surface area (Å²) in [5.41, 5.74) is -1.16. The molecule has 1 saturated heterocycles. The number of carbonyl (C=O) groups excluding carboxylic acids is 1. The normalized spacial score (nSPS) is 27.2. The van der Waals surface area contributed by atoms with Crippen molar-refractivity contribution in [3.8, 4) is 0 Å². The van der Waals surface area contributed by atoms with E-state index >= 15 is 0 Å². The van der Waals surface area contributed by atoms with E-state index in [9.17, 15) is 13.2 Å². The first-order valence-electron chi connectivity index (χ1n) is 9.01. The van der Waals surface area contributed by atoms with Gasteiger partial charge in [0.05, 0.1) is 11.9 Å². The molecule has 2 fully saturated rings. The van der Waals surface area contributed by atoms with Crippen LogP contribution in [0.4, 0.5) is 4.79 Å². The minimum absolute atomic E-state index is 0.0473. The number of sulfonamides is 1. The van der Waals surface area contributed by atoms with Crippen LogP contribution in [0.2, 0.25) is 0 Å².